The summed E-state index contributed by atoms with van der Waals surface area (Å²) >= 11 is 0. The van der Waals surface area contributed by atoms with Gasteiger partial charge in [0.1, 0.15) is 5.82 Å². The van der Waals surface area contributed by atoms with E-state index in [-0.39, 0.29) is 12.7 Å². The SMILES string of the molecule is Cc1nccn1[C@H]1CCCN(C(=O)CCc2ccc3c(c2)OCO3)C1. The zero-order valence-corrected chi connectivity index (χ0v) is 14.5. The highest BCUT2D eigenvalue weighted by Crippen LogP contribution is 2.33. The maximum atomic E-state index is 12.7. The Morgan fingerprint density at radius 1 is 1.32 bits per heavy atom. The zero-order chi connectivity index (χ0) is 17.2. The summed E-state index contributed by atoms with van der Waals surface area (Å²) in [6.07, 6.45) is 7.23. The lowest BCUT2D eigenvalue weighted by Crippen LogP contribution is -2.40. The van der Waals surface area contributed by atoms with E-state index in [1.807, 2.05) is 42.4 Å². The molecule has 4 rings (SSSR count). The minimum Gasteiger partial charge on any atom is -0.454 e. The maximum absolute atomic E-state index is 12.7. The minimum atomic E-state index is 0.222. The number of piperidine rings is 1. The highest BCUT2D eigenvalue weighted by molar-refractivity contribution is 5.76. The first-order valence-corrected chi connectivity index (χ1v) is 8.86. The molecule has 0 spiro atoms. The Morgan fingerprint density at radius 2 is 2.20 bits per heavy atom. The maximum Gasteiger partial charge on any atom is 0.231 e. The number of likely N-dealkylation sites (tertiary alicyclic amines) is 1. The lowest BCUT2D eigenvalue weighted by atomic mass is 10.0. The van der Waals surface area contributed by atoms with E-state index in [4.69, 9.17) is 9.47 Å². The molecule has 2 aromatic rings. The number of ether oxygens (including phenoxy) is 2. The predicted octanol–water partition coefficient (Wildman–Crippen LogP) is 2.72. The summed E-state index contributed by atoms with van der Waals surface area (Å²) in [4.78, 5) is 19.0. The van der Waals surface area contributed by atoms with Crippen LogP contribution in [0.2, 0.25) is 0 Å². The number of fused-ring (bicyclic) bond motifs is 1. The van der Waals surface area contributed by atoms with E-state index in [0.29, 0.717) is 12.5 Å². The predicted molar refractivity (Wildman–Crippen MR) is 92.7 cm³/mol. The number of carbonyl (C=O) groups is 1. The molecule has 1 amide bonds. The van der Waals surface area contributed by atoms with Gasteiger partial charge < -0.3 is 18.9 Å². The van der Waals surface area contributed by atoms with Gasteiger partial charge in [0.2, 0.25) is 12.7 Å². The molecule has 0 saturated carbocycles. The molecule has 1 atom stereocenters. The number of aromatic nitrogens is 2. The Hall–Kier alpha value is -2.50. The van der Waals surface area contributed by atoms with Crippen LogP contribution < -0.4 is 9.47 Å². The van der Waals surface area contributed by atoms with Crippen LogP contribution in [0, 0.1) is 6.92 Å². The first-order valence-electron chi connectivity index (χ1n) is 8.86. The molecule has 0 unspecified atom stereocenters. The van der Waals surface area contributed by atoms with Crippen molar-refractivity contribution in [2.75, 3.05) is 19.9 Å². The molecule has 1 fully saturated rings. The van der Waals surface area contributed by atoms with Gasteiger partial charge >= 0.3 is 0 Å². The number of rotatable bonds is 4. The van der Waals surface area contributed by atoms with Gasteiger partial charge in [-0.3, -0.25) is 4.79 Å². The van der Waals surface area contributed by atoms with E-state index in [1.54, 1.807) is 0 Å². The van der Waals surface area contributed by atoms with Crippen molar-refractivity contribution in [1.82, 2.24) is 14.5 Å². The number of carbonyl (C=O) groups excluding carboxylic acids is 1. The highest BCUT2D eigenvalue weighted by atomic mass is 16.7. The molecule has 0 N–H and O–H groups in total. The third-order valence-corrected chi connectivity index (χ3v) is 5.07. The minimum absolute atomic E-state index is 0.222. The number of aryl methyl sites for hydroxylation is 2. The number of benzene rings is 1. The molecule has 6 nitrogen and oxygen atoms in total. The fourth-order valence-electron chi connectivity index (χ4n) is 3.69. The molecular weight excluding hydrogens is 318 g/mol. The van der Waals surface area contributed by atoms with Crippen molar-refractivity contribution in [3.05, 3.63) is 42.0 Å². The largest absolute Gasteiger partial charge is 0.454 e. The second kappa shape index (κ2) is 6.78. The highest BCUT2D eigenvalue weighted by Gasteiger charge is 2.25. The van der Waals surface area contributed by atoms with E-state index in [1.165, 1.54) is 0 Å². The van der Waals surface area contributed by atoms with Crippen LogP contribution in [0.25, 0.3) is 0 Å². The lowest BCUT2D eigenvalue weighted by molar-refractivity contribution is -0.132. The van der Waals surface area contributed by atoms with E-state index in [2.05, 4.69) is 9.55 Å². The van der Waals surface area contributed by atoms with E-state index < -0.39 is 0 Å². The second-order valence-corrected chi connectivity index (χ2v) is 6.71. The monoisotopic (exact) mass is 341 g/mol. The summed E-state index contributed by atoms with van der Waals surface area (Å²) in [5, 5.41) is 0. The molecule has 1 saturated heterocycles. The fraction of sp³-hybridized carbons (Fsp3) is 0.474. The summed E-state index contributed by atoms with van der Waals surface area (Å²) in [6.45, 7) is 3.92. The Labute approximate surface area is 147 Å². The van der Waals surface area contributed by atoms with Crippen molar-refractivity contribution >= 4 is 5.91 Å². The first-order chi connectivity index (χ1) is 12.2. The molecule has 2 aliphatic heterocycles. The smallest absolute Gasteiger partial charge is 0.231 e. The van der Waals surface area contributed by atoms with Crippen LogP contribution >= 0.6 is 0 Å². The Morgan fingerprint density at radius 3 is 3.04 bits per heavy atom. The van der Waals surface area contributed by atoms with Gasteiger partial charge in [-0.15, -0.1) is 0 Å². The average Bonchev–Trinajstić information content (AvgIpc) is 3.27. The summed E-state index contributed by atoms with van der Waals surface area (Å²) in [7, 11) is 0. The number of hydrogen-bond donors (Lipinski definition) is 0. The van der Waals surface area contributed by atoms with Crippen LogP contribution in [0.15, 0.2) is 30.6 Å². The average molecular weight is 341 g/mol. The number of hydrogen-bond acceptors (Lipinski definition) is 4. The molecule has 132 valence electrons. The molecule has 2 aliphatic rings. The van der Waals surface area contributed by atoms with E-state index in [0.717, 1.165) is 55.2 Å². The van der Waals surface area contributed by atoms with Gasteiger partial charge in [-0.2, -0.15) is 0 Å². The molecular formula is C19H23N3O3. The van der Waals surface area contributed by atoms with Crippen molar-refractivity contribution in [3.63, 3.8) is 0 Å². The van der Waals surface area contributed by atoms with Gasteiger partial charge in [-0.1, -0.05) is 6.07 Å². The number of imidazole rings is 1. The summed E-state index contributed by atoms with van der Waals surface area (Å²) in [6, 6.07) is 6.24. The molecule has 0 aliphatic carbocycles. The second-order valence-electron chi connectivity index (χ2n) is 6.71. The third kappa shape index (κ3) is 3.34. The normalized spacial score (nSPS) is 19.2. The quantitative estimate of drug-likeness (QED) is 0.858. The molecule has 1 aromatic heterocycles. The van der Waals surface area contributed by atoms with Crippen molar-refractivity contribution in [1.29, 1.82) is 0 Å². The van der Waals surface area contributed by atoms with Crippen molar-refractivity contribution in [2.24, 2.45) is 0 Å². The van der Waals surface area contributed by atoms with Gasteiger partial charge in [0, 0.05) is 31.9 Å². The van der Waals surface area contributed by atoms with Crippen LogP contribution in [-0.2, 0) is 11.2 Å². The Bertz CT molecular complexity index is 771. The first kappa shape index (κ1) is 16.0. The number of nitrogens with zero attached hydrogens (tertiary/aromatic N) is 3. The van der Waals surface area contributed by atoms with Gasteiger partial charge in [0.15, 0.2) is 11.5 Å². The molecule has 3 heterocycles. The van der Waals surface area contributed by atoms with E-state index >= 15 is 0 Å². The topological polar surface area (TPSA) is 56.6 Å². The summed E-state index contributed by atoms with van der Waals surface area (Å²) < 4.78 is 12.9. The zero-order valence-electron chi connectivity index (χ0n) is 14.5. The third-order valence-electron chi connectivity index (χ3n) is 5.07. The number of amides is 1. The van der Waals surface area contributed by atoms with Crippen LogP contribution in [0.4, 0.5) is 0 Å². The van der Waals surface area contributed by atoms with Crippen LogP contribution in [0.1, 0.15) is 36.7 Å². The van der Waals surface area contributed by atoms with Crippen LogP contribution in [0.5, 0.6) is 11.5 Å². The van der Waals surface area contributed by atoms with Gasteiger partial charge in [-0.25, -0.2) is 4.98 Å². The Kier molecular flexibility index (Phi) is 4.34. The van der Waals surface area contributed by atoms with Gasteiger partial charge in [-0.05, 0) is 43.9 Å². The van der Waals surface area contributed by atoms with Crippen molar-refractivity contribution < 1.29 is 14.3 Å². The van der Waals surface area contributed by atoms with Gasteiger partial charge in [0.25, 0.3) is 0 Å². The van der Waals surface area contributed by atoms with E-state index in [9.17, 15) is 4.79 Å². The summed E-state index contributed by atoms with van der Waals surface area (Å²) in [5.74, 6) is 2.79. The standard InChI is InChI=1S/C19H23N3O3/c1-14-20-8-10-22(14)16-3-2-9-21(12-16)19(23)7-5-15-4-6-17-18(11-15)25-13-24-17/h4,6,8,10-11,16H,2-3,5,7,9,12-13H2,1H3/t16-/m0/s1. The van der Waals surface area contributed by atoms with Crippen LogP contribution in [-0.4, -0.2) is 40.2 Å². The van der Waals surface area contributed by atoms with Crippen molar-refractivity contribution in [2.45, 2.75) is 38.6 Å². The molecule has 0 bridgehead atoms. The summed E-state index contributed by atoms with van der Waals surface area (Å²) in [5.41, 5.74) is 1.11. The molecule has 25 heavy (non-hydrogen) atoms. The lowest BCUT2D eigenvalue weighted by Gasteiger charge is -2.34. The Balaban J connectivity index is 1.35. The molecule has 1 aromatic carbocycles. The fourth-order valence-corrected chi connectivity index (χ4v) is 3.69. The van der Waals surface area contributed by atoms with Crippen LogP contribution in [0.3, 0.4) is 0 Å². The van der Waals surface area contributed by atoms with Gasteiger partial charge in [0.05, 0.1) is 6.04 Å². The molecule has 6 heteroatoms. The molecule has 0 radical (unpaired) electrons. The van der Waals surface area contributed by atoms with Crippen molar-refractivity contribution in [3.8, 4) is 11.5 Å².